The van der Waals surface area contributed by atoms with Crippen molar-refractivity contribution in [1.29, 1.82) is 0 Å². The van der Waals surface area contributed by atoms with Gasteiger partial charge in [-0.3, -0.25) is 0 Å². The summed E-state index contributed by atoms with van der Waals surface area (Å²) in [5.74, 6) is 0. The molecule has 0 N–H and O–H groups in total. The average molecular weight is 397 g/mol. The van der Waals surface area contributed by atoms with Crippen molar-refractivity contribution in [2.75, 3.05) is 0 Å². The number of hydrogen-bond donors (Lipinski definition) is 0. The second-order valence-corrected chi connectivity index (χ2v) is 7.40. The maximum atomic E-state index is 6.81. The van der Waals surface area contributed by atoms with Crippen LogP contribution >= 0.6 is 23.2 Å². The zero-order valence-corrected chi connectivity index (χ0v) is 16.5. The van der Waals surface area contributed by atoms with Crippen molar-refractivity contribution >= 4 is 23.2 Å². The Hall–Kier alpha value is -2.56. The minimum atomic E-state index is 0.418. The largest absolute Gasteiger partial charge is 0.250 e. The van der Waals surface area contributed by atoms with Gasteiger partial charge in [0, 0.05) is 17.3 Å². The summed E-state index contributed by atoms with van der Waals surface area (Å²) in [4.78, 5) is 0. The lowest BCUT2D eigenvalue weighted by Crippen LogP contribution is -2.11. The molecule has 0 radical (unpaired) electrons. The predicted molar refractivity (Wildman–Crippen MR) is 110 cm³/mol. The standard InChI is InChI=1S/C21H18Cl2N4/c1-14-3-7-16(8-4-14)20-19(23)21(17-9-5-15(2)6-10-17)27(25-20)13-26-12-18(22)11-24-26/h3-12H,13H2,1-2H3. The minimum absolute atomic E-state index is 0.418. The summed E-state index contributed by atoms with van der Waals surface area (Å²) in [5, 5.41) is 10.3. The molecule has 0 saturated carbocycles. The molecule has 0 amide bonds. The molecule has 0 aliphatic carbocycles. The van der Waals surface area contributed by atoms with Crippen LogP contribution in [-0.2, 0) is 6.67 Å². The molecule has 0 aliphatic heterocycles. The van der Waals surface area contributed by atoms with Gasteiger partial charge in [0.1, 0.15) is 12.4 Å². The molecule has 6 heteroatoms. The Balaban J connectivity index is 1.85. The predicted octanol–water partition coefficient (Wildman–Crippen LogP) is 5.84. The van der Waals surface area contributed by atoms with Gasteiger partial charge in [0.25, 0.3) is 0 Å². The second kappa shape index (κ2) is 7.22. The first-order valence-electron chi connectivity index (χ1n) is 8.59. The van der Waals surface area contributed by atoms with E-state index in [1.54, 1.807) is 17.1 Å². The lowest BCUT2D eigenvalue weighted by atomic mass is 10.1. The van der Waals surface area contributed by atoms with Crippen LogP contribution in [0.25, 0.3) is 22.5 Å². The van der Waals surface area contributed by atoms with E-state index in [2.05, 4.69) is 55.3 Å². The second-order valence-electron chi connectivity index (χ2n) is 6.58. The summed E-state index contributed by atoms with van der Waals surface area (Å²) in [7, 11) is 0. The molecule has 0 atom stereocenters. The van der Waals surface area contributed by atoms with E-state index in [0.717, 1.165) is 22.5 Å². The van der Waals surface area contributed by atoms with Crippen LogP contribution in [0.5, 0.6) is 0 Å². The minimum Gasteiger partial charge on any atom is -0.250 e. The Kier molecular flexibility index (Phi) is 4.77. The molecule has 0 fully saturated rings. The maximum absolute atomic E-state index is 6.81. The molecular weight excluding hydrogens is 379 g/mol. The van der Waals surface area contributed by atoms with Crippen LogP contribution in [-0.4, -0.2) is 19.6 Å². The smallest absolute Gasteiger partial charge is 0.133 e. The summed E-state index contributed by atoms with van der Waals surface area (Å²) in [6.45, 7) is 4.54. The fourth-order valence-corrected chi connectivity index (χ4v) is 3.49. The molecule has 2 aromatic carbocycles. The van der Waals surface area contributed by atoms with E-state index in [1.165, 1.54) is 11.1 Å². The van der Waals surface area contributed by atoms with E-state index in [4.69, 9.17) is 28.3 Å². The summed E-state index contributed by atoms with van der Waals surface area (Å²) in [6, 6.07) is 16.5. The highest BCUT2D eigenvalue weighted by Crippen LogP contribution is 2.36. The fourth-order valence-electron chi connectivity index (χ4n) is 2.98. The van der Waals surface area contributed by atoms with E-state index in [1.807, 2.05) is 16.8 Å². The molecule has 4 rings (SSSR count). The quantitative estimate of drug-likeness (QED) is 0.434. The average Bonchev–Trinajstić information content (AvgIpc) is 3.20. The number of aryl methyl sites for hydroxylation is 2. The van der Waals surface area contributed by atoms with Gasteiger partial charge in [-0.25, -0.2) is 9.36 Å². The van der Waals surface area contributed by atoms with Gasteiger partial charge in [0.2, 0.25) is 0 Å². The molecule has 2 aromatic heterocycles. The highest BCUT2D eigenvalue weighted by atomic mass is 35.5. The van der Waals surface area contributed by atoms with Crippen molar-refractivity contribution in [2.24, 2.45) is 0 Å². The van der Waals surface area contributed by atoms with Crippen LogP contribution in [0.3, 0.4) is 0 Å². The van der Waals surface area contributed by atoms with Crippen molar-refractivity contribution in [3.63, 3.8) is 0 Å². The van der Waals surface area contributed by atoms with Crippen molar-refractivity contribution in [2.45, 2.75) is 20.5 Å². The van der Waals surface area contributed by atoms with E-state index in [-0.39, 0.29) is 0 Å². The highest BCUT2D eigenvalue weighted by Gasteiger charge is 2.19. The third-order valence-electron chi connectivity index (χ3n) is 4.43. The van der Waals surface area contributed by atoms with E-state index < -0.39 is 0 Å². The Morgan fingerprint density at radius 1 is 0.852 bits per heavy atom. The molecule has 0 bridgehead atoms. The molecule has 4 nitrogen and oxygen atoms in total. The summed E-state index contributed by atoms with van der Waals surface area (Å²) >= 11 is 12.8. The van der Waals surface area contributed by atoms with E-state index >= 15 is 0 Å². The summed E-state index contributed by atoms with van der Waals surface area (Å²) in [6.07, 6.45) is 3.38. The summed E-state index contributed by atoms with van der Waals surface area (Å²) in [5.41, 5.74) is 5.99. The Morgan fingerprint density at radius 3 is 2.00 bits per heavy atom. The molecule has 136 valence electrons. The van der Waals surface area contributed by atoms with Crippen LogP contribution in [0.15, 0.2) is 60.9 Å². The zero-order chi connectivity index (χ0) is 19.0. The van der Waals surface area contributed by atoms with Crippen LogP contribution in [0, 0.1) is 13.8 Å². The normalized spacial score (nSPS) is 11.1. The van der Waals surface area contributed by atoms with Crippen LogP contribution in [0.4, 0.5) is 0 Å². The fraction of sp³-hybridized carbons (Fsp3) is 0.143. The lowest BCUT2D eigenvalue weighted by Gasteiger charge is -2.08. The van der Waals surface area contributed by atoms with Gasteiger partial charge in [0.05, 0.1) is 21.9 Å². The van der Waals surface area contributed by atoms with Gasteiger partial charge in [-0.2, -0.15) is 10.2 Å². The number of halogens is 2. The first-order valence-corrected chi connectivity index (χ1v) is 9.35. The topological polar surface area (TPSA) is 35.6 Å². The molecule has 0 aliphatic rings. The molecule has 0 saturated heterocycles. The van der Waals surface area contributed by atoms with Gasteiger partial charge in [-0.1, -0.05) is 82.9 Å². The zero-order valence-electron chi connectivity index (χ0n) is 15.0. The van der Waals surface area contributed by atoms with Crippen molar-refractivity contribution in [3.8, 4) is 22.5 Å². The summed E-state index contributed by atoms with van der Waals surface area (Å²) < 4.78 is 3.60. The number of nitrogens with zero attached hydrogens (tertiary/aromatic N) is 4. The molecule has 0 spiro atoms. The first-order chi connectivity index (χ1) is 13.0. The first kappa shape index (κ1) is 17.8. The highest BCUT2D eigenvalue weighted by molar-refractivity contribution is 6.35. The Morgan fingerprint density at radius 2 is 1.44 bits per heavy atom. The number of hydrogen-bond acceptors (Lipinski definition) is 2. The maximum Gasteiger partial charge on any atom is 0.133 e. The molecule has 0 unspecified atom stereocenters. The molecule has 4 aromatic rings. The van der Waals surface area contributed by atoms with E-state index in [9.17, 15) is 0 Å². The lowest BCUT2D eigenvalue weighted by molar-refractivity contribution is 0.508. The third-order valence-corrected chi connectivity index (χ3v) is 4.98. The molecule has 27 heavy (non-hydrogen) atoms. The monoisotopic (exact) mass is 396 g/mol. The number of benzene rings is 2. The third kappa shape index (κ3) is 3.64. The van der Waals surface area contributed by atoms with Crippen molar-refractivity contribution in [1.82, 2.24) is 19.6 Å². The number of aromatic nitrogens is 4. The van der Waals surface area contributed by atoms with Crippen molar-refractivity contribution in [3.05, 3.63) is 82.1 Å². The number of rotatable bonds is 4. The van der Waals surface area contributed by atoms with Crippen molar-refractivity contribution < 1.29 is 0 Å². The van der Waals surface area contributed by atoms with Crippen LogP contribution < -0.4 is 0 Å². The SMILES string of the molecule is Cc1ccc(-c2nn(Cn3cc(Cl)cn3)c(-c3ccc(C)cc3)c2Cl)cc1. The van der Waals surface area contributed by atoms with Crippen LogP contribution in [0.1, 0.15) is 11.1 Å². The molecular formula is C21H18Cl2N4. The van der Waals surface area contributed by atoms with Gasteiger partial charge >= 0.3 is 0 Å². The molecule has 2 heterocycles. The van der Waals surface area contributed by atoms with Gasteiger partial charge in [-0.15, -0.1) is 0 Å². The Labute approximate surface area is 168 Å². The van der Waals surface area contributed by atoms with E-state index in [0.29, 0.717) is 16.7 Å². The van der Waals surface area contributed by atoms with Crippen LogP contribution in [0.2, 0.25) is 10.0 Å². The van der Waals surface area contributed by atoms with Gasteiger partial charge < -0.3 is 0 Å². The van der Waals surface area contributed by atoms with Gasteiger partial charge in [-0.05, 0) is 13.8 Å². The Bertz CT molecular complexity index is 1080. The van der Waals surface area contributed by atoms with Gasteiger partial charge in [0.15, 0.2) is 0 Å².